The van der Waals surface area contributed by atoms with Gasteiger partial charge in [-0.3, -0.25) is 9.36 Å². The van der Waals surface area contributed by atoms with E-state index in [1.54, 1.807) is 14.2 Å². The van der Waals surface area contributed by atoms with E-state index in [0.29, 0.717) is 16.7 Å². The van der Waals surface area contributed by atoms with Gasteiger partial charge in [-0.25, -0.2) is 5.43 Å². The van der Waals surface area contributed by atoms with Gasteiger partial charge in [0.1, 0.15) is 11.5 Å². The predicted octanol–water partition coefficient (Wildman–Crippen LogP) is 5.88. The molecule has 0 spiro atoms. The molecule has 0 atom stereocenters. The Morgan fingerprint density at radius 3 is 2.28 bits per heavy atom. The first kappa shape index (κ1) is 27.9. The van der Waals surface area contributed by atoms with Gasteiger partial charge in [0.2, 0.25) is 0 Å². The van der Waals surface area contributed by atoms with E-state index in [1.165, 1.54) is 17.3 Å². The molecule has 0 saturated heterocycles. The number of nitrogens with zero attached hydrogens (tertiary/aromatic N) is 4. The van der Waals surface area contributed by atoms with Crippen molar-refractivity contribution in [1.82, 2.24) is 20.2 Å². The number of methoxy groups -OCH3 is 2. The van der Waals surface area contributed by atoms with E-state index < -0.39 is 0 Å². The molecule has 1 heterocycles. The molecular weight excluding hydrogens is 510 g/mol. The summed E-state index contributed by atoms with van der Waals surface area (Å²) in [4.78, 5) is 12.7. The summed E-state index contributed by atoms with van der Waals surface area (Å²) in [7, 11) is 3.25. The summed E-state index contributed by atoms with van der Waals surface area (Å²) in [6.07, 6.45) is 0. The fraction of sp³-hybridized carbons (Fsp3) is 0.267. The Morgan fingerprint density at radius 2 is 1.64 bits per heavy atom. The fourth-order valence-corrected chi connectivity index (χ4v) is 4.60. The number of hydrogen-bond acceptors (Lipinski definition) is 7. The monoisotopic (exact) mass is 543 g/mol. The summed E-state index contributed by atoms with van der Waals surface area (Å²) in [6.45, 7) is 8.39. The Kier molecular flexibility index (Phi) is 8.71. The van der Waals surface area contributed by atoms with Crippen molar-refractivity contribution in [3.8, 4) is 28.6 Å². The van der Waals surface area contributed by atoms with Gasteiger partial charge in [-0.1, -0.05) is 68.9 Å². The van der Waals surface area contributed by atoms with Crippen LogP contribution in [0.25, 0.3) is 17.1 Å². The molecule has 8 nitrogen and oxygen atoms in total. The third kappa shape index (κ3) is 6.86. The number of carbonyl (C=O) groups excluding carboxylic acids is 1. The van der Waals surface area contributed by atoms with Crippen LogP contribution in [0.5, 0.6) is 11.5 Å². The largest absolute Gasteiger partial charge is 0.497 e. The predicted molar refractivity (Wildman–Crippen MR) is 156 cm³/mol. The molecule has 3 aromatic carbocycles. The summed E-state index contributed by atoms with van der Waals surface area (Å²) in [6, 6.07) is 23.5. The van der Waals surface area contributed by atoms with Crippen LogP contribution in [0.1, 0.15) is 38.8 Å². The molecule has 0 bridgehead atoms. The summed E-state index contributed by atoms with van der Waals surface area (Å²) in [5.41, 5.74) is 7.25. The van der Waals surface area contributed by atoms with E-state index in [2.05, 4.69) is 65.8 Å². The molecule has 1 aromatic heterocycles. The molecular formula is C30H33N5O3S. The van der Waals surface area contributed by atoms with Crippen molar-refractivity contribution in [2.45, 2.75) is 38.3 Å². The van der Waals surface area contributed by atoms with Crippen molar-refractivity contribution in [2.75, 3.05) is 20.0 Å². The second-order valence-electron chi connectivity index (χ2n) is 9.92. The van der Waals surface area contributed by atoms with Gasteiger partial charge in [0.15, 0.2) is 11.0 Å². The zero-order valence-electron chi connectivity index (χ0n) is 23.1. The van der Waals surface area contributed by atoms with Crippen LogP contribution in [-0.4, -0.2) is 46.4 Å². The topological polar surface area (TPSA) is 90.6 Å². The van der Waals surface area contributed by atoms with E-state index >= 15 is 0 Å². The van der Waals surface area contributed by atoms with Crippen molar-refractivity contribution in [3.63, 3.8) is 0 Å². The smallest absolute Gasteiger partial charge is 0.250 e. The molecule has 0 fully saturated rings. The lowest BCUT2D eigenvalue weighted by atomic mass is 9.87. The maximum Gasteiger partial charge on any atom is 0.250 e. The Bertz CT molecular complexity index is 1460. The van der Waals surface area contributed by atoms with Crippen LogP contribution < -0.4 is 14.9 Å². The Morgan fingerprint density at radius 1 is 0.949 bits per heavy atom. The highest BCUT2D eigenvalue weighted by Crippen LogP contribution is 2.30. The molecule has 0 aliphatic carbocycles. The minimum absolute atomic E-state index is 0.0456. The van der Waals surface area contributed by atoms with Crippen LogP contribution in [0.4, 0.5) is 0 Å². The maximum atomic E-state index is 12.7. The summed E-state index contributed by atoms with van der Waals surface area (Å²) in [5.74, 6) is 2.04. The zero-order valence-corrected chi connectivity index (χ0v) is 23.9. The molecule has 0 radical (unpaired) electrons. The van der Waals surface area contributed by atoms with Crippen LogP contribution in [0.2, 0.25) is 0 Å². The highest BCUT2D eigenvalue weighted by Gasteiger charge is 2.19. The lowest BCUT2D eigenvalue weighted by Crippen LogP contribution is -2.21. The minimum atomic E-state index is -0.248. The van der Waals surface area contributed by atoms with Gasteiger partial charge in [-0.05, 0) is 54.3 Å². The van der Waals surface area contributed by atoms with Crippen LogP contribution >= 0.6 is 11.8 Å². The molecule has 9 heteroatoms. The molecule has 4 aromatic rings. The van der Waals surface area contributed by atoms with Gasteiger partial charge in [-0.15, -0.1) is 10.2 Å². The van der Waals surface area contributed by atoms with Gasteiger partial charge in [0.25, 0.3) is 5.91 Å². The first-order valence-corrected chi connectivity index (χ1v) is 13.5. The molecule has 1 amide bonds. The van der Waals surface area contributed by atoms with E-state index in [9.17, 15) is 4.79 Å². The maximum absolute atomic E-state index is 12.7. The van der Waals surface area contributed by atoms with Crippen LogP contribution in [-0.2, 0) is 10.2 Å². The van der Waals surface area contributed by atoms with E-state index in [-0.39, 0.29) is 17.1 Å². The Balaban J connectivity index is 1.55. The fourth-order valence-electron chi connectivity index (χ4n) is 3.85. The van der Waals surface area contributed by atoms with Gasteiger partial charge in [0, 0.05) is 16.8 Å². The lowest BCUT2D eigenvalue weighted by molar-refractivity contribution is -0.118. The third-order valence-electron chi connectivity index (χ3n) is 6.14. The number of thioether (sulfide) groups is 1. The SMILES string of the molecule is COc1ccc(-n2c(SCC(=O)N/N=C(\C)c3cccc(OC)c3)nnc2-c2ccc(C(C)(C)C)cc2)cc1. The number of hydrogen-bond donors (Lipinski definition) is 1. The second kappa shape index (κ2) is 12.2. The first-order valence-electron chi connectivity index (χ1n) is 12.5. The second-order valence-corrected chi connectivity index (χ2v) is 10.9. The van der Waals surface area contributed by atoms with Gasteiger partial charge in [0.05, 0.1) is 25.7 Å². The van der Waals surface area contributed by atoms with Crippen molar-refractivity contribution >= 4 is 23.4 Å². The quantitative estimate of drug-likeness (QED) is 0.161. The average Bonchev–Trinajstić information content (AvgIpc) is 3.38. The number of rotatable bonds is 9. The zero-order chi connectivity index (χ0) is 28.0. The first-order chi connectivity index (χ1) is 18.7. The minimum Gasteiger partial charge on any atom is -0.497 e. The summed E-state index contributed by atoms with van der Waals surface area (Å²) < 4.78 is 12.5. The van der Waals surface area contributed by atoms with Gasteiger partial charge < -0.3 is 9.47 Å². The van der Waals surface area contributed by atoms with E-state index in [4.69, 9.17) is 9.47 Å². The van der Waals surface area contributed by atoms with Crippen molar-refractivity contribution in [3.05, 3.63) is 83.9 Å². The number of hydrazone groups is 1. The highest BCUT2D eigenvalue weighted by molar-refractivity contribution is 7.99. The van der Waals surface area contributed by atoms with Gasteiger partial charge in [-0.2, -0.15) is 5.10 Å². The van der Waals surface area contributed by atoms with Crippen molar-refractivity contribution in [1.29, 1.82) is 0 Å². The number of ether oxygens (including phenoxy) is 2. The van der Waals surface area contributed by atoms with Crippen molar-refractivity contribution in [2.24, 2.45) is 5.10 Å². The van der Waals surface area contributed by atoms with Gasteiger partial charge >= 0.3 is 0 Å². The number of nitrogens with one attached hydrogen (secondary N) is 1. The van der Waals surface area contributed by atoms with Crippen LogP contribution in [0, 0.1) is 0 Å². The molecule has 202 valence electrons. The number of aromatic nitrogens is 3. The van der Waals surface area contributed by atoms with E-state index in [1.807, 2.05) is 60.0 Å². The molecule has 0 aliphatic heterocycles. The third-order valence-corrected chi connectivity index (χ3v) is 7.07. The molecule has 39 heavy (non-hydrogen) atoms. The molecule has 1 N–H and O–H groups in total. The summed E-state index contributed by atoms with van der Waals surface area (Å²) >= 11 is 1.29. The van der Waals surface area contributed by atoms with Crippen LogP contribution in [0.15, 0.2) is 83.1 Å². The molecule has 4 rings (SSSR count). The van der Waals surface area contributed by atoms with Crippen molar-refractivity contribution < 1.29 is 14.3 Å². The van der Waals surface area contributed by atoms with Crippen LogP contribution in [0.3, 0.4) is 0 Å². The number of amides is 1. The normalized spacial score (nSPS) is 11.8. The molecule has 0 saturated carbocycles. The standard InChI is InChI=1S/C30H33N5O3S/c1-20(22-8-7-9-26(18-22)38-6)31-32-27(36)19-39-29-34-33-28(21-10-12-23(13-11-21)30(2,3)4)35(29)24-14-16-25(37-5)17-15-24/h7-18H,19H2,1-6H3,(H,32,36)/b31-20+. The lowest BCUT2D eigenvalue weighted by Gasteiger charge is -2.19. The molecule has 0 aliphatic rings. The molecule has 0 unspecified atom stereocenters. The Labute approximate surface area is 233 Å². The average molecular weight is 544 g/mol. The summed E-state index contributed by atoms with van der Waals surface area (Å²) in [5, 5.41) is 13.8. The highest BCUT2D eigenvalue weighted by atomic mass is 32.2. The number of benzene rings is 3. The number of carbonyl (C=O) groups is 1. The Hall–Kier alpha value is -4.11. The van der Waals surface area contributed by atoms with E-state index in [0.717, 1.165) is 28.3 Å².